The molecule has 2 rings (SSSR count). The SMILES string of the molecule is CC(C)CC1OC(=O)C(=C(O)C(C)Oc2ccccc2)C1=O. The Morgan fingerprint density at radius 1 is 1.23 bits per heavy atom. The summed E-state index contributed by atoms with van der Waals surface area (Å²) in [4.78, 5) is 24.1. The zero-order valence-electron chi connectivity index (χ0n) is 12.9. The van der Waals surface area contributed by atoms with Gasteiger partial charge >= 0.3 is 5.97 Å². The first-order valence-corrected chi connectivity index (χ1v) is 7.30. The predicted octanol–water partition coefficient (Wildman–Crippen LogP) is 2.81. The number of aliphatic hydroxyl groups is 1. The van der Waals surface area contributed by atoms with Crippen molar-refractivity contribution in [3.05, 3.63) is 41.7 Å². The van der Waals surface area contributed by atoms with Crippen molar-refractivity contribution in [1.29, 1.82) is 0 Å². The van der Waals surface area contributed by atoms with Crippen LogP contribution in [-0.4, -0.2) is 29.1 Å². The Kier molecular flexibility index (Phi) is 4.85. The molecule has 1 aromatic rings. The lowest BCUT2D eigenvalue weighted by molar-refractivity contribution is -0.141. The molecule has 5 heteroatoms. The molecule has 1 N–H and O–H groups in total. The maximum atomic E-state index is 12.2. The Balaban J connectivity index is 2.17. The molecule has 0 aromatic heterocycles. The normalized spacial score (nSPS) is 21.7. The van der Waals surface area contributed by atoms with Crippen LogP contribution in [0.25, 0.3) is 0 Å². The minimum atomic E-state index is -0.813. The number of cyclic esters (lactones) is 1. The second-order valence-corrected chi connectivity index (χ2v) is 5.72. The van der Waals surface area contributed by atoms with Crippen molar-refractivity contribution in [3.8, 4) is 5.75 Å². The Bertz CT molecular complexity index is 588. The molecule has 0 spiro atoms. The van der Waals surface area contributed by atoms with Crippen LogP contribution in [0.2, 0.25) is 0 Å². The Morgan fingerprint density at radius 3 is 2.45 bits per heavy atom. The standard InChI is InChI=1S/C17H20O5/c1-10(2)9-13-16(19)14(17(20)22-13)15(18)11(3)21-12-7-5-4-6-8-12/h4-8,10-11,13,18H,9H2,1-3H3. The molecule has 0 radical (unpaired) electrons. The van der Waals surface area contributed by atoms with Gasteiger partial charge in [0, 0.05) is 0 Å². The fraction of sp³-hybridized carbons (Fsp3) is 0.412. The summed E-state index contributed by atoms with van der Waals surface area (Å²) in [5.41, 5.74) is -0.297. The first-order valence-electron chi connectivity index (χ1n) is 7.30. The molecule has 0 amide bonds. The maximum absolute atomic E-state index is 12.2. The van der Waals surface area contributed by atoms with Gasteiger partial charge in [0.25, 0.3) is 0 Å². The molecule has 5 nitrogen and oxygen atoms in total. The van der Waals surface area contributed by atoms with Gasteiger partial charge in [-0.3, -0.25) is 4.79 Å². The van der Waals surface area contributed by atoms with Crippen molar-refractivity contribution in [2.45, 2.75) is 39.4 Å². The third kappa shape index (κ3) is 3.47. The first kappa shape index (κ1) is 16.1. The molecule has 0 aliphatic carbocycles. The van der Waals surface area contributed by atoms with E-state index in [-0.39, 0.29) is 17.3 Å². The van der Waals surface area contributed by atoms with E-state index in [1.165, 1.54) is 0 Å². The van der Waals surface area contributed by atoms with E-state index in [0.717, 1.165) is 0 Å². The molecule has 1 heterocycles. The summed E-state index contributed by atoms with van der Waals surface area (Å²) in [7, 11) is 0. The topological polar surface area (TPSA) is 72.8 Å². The molecule has 2 unspecified atom stereocenters. The third-order valence-electron chi connectivity index (χ3n) is 3.38. The molecule has 118 valence electrons. The molecule has 0 bridgehead atoms. The Morgan fingerprint density at radius 2 is 1.86 bits per heavy atom. The van der Waals surface area contributed by atoms with Gasteiger partial charge in [0.2, 0.25) is 5.78 Å². The summed E-state index contributed by atoms with van der Waals surface area (Å²) in [5.74, 6) is -0.887. The Labute approximate surface area is 129 Å². The first-order chi connectivity index (χ1) is 10.4. The fourth-order valence-electron chi connectivity index (χ4n) is 2.28. The van der Waals surface area contributed by atoms with Gasteiger partial charge in [0.05, 0.1) is 0 Å². The monoisotopic (exact) mass is 304 g/mol. The van der Waals surface area contributed by atoms with E-state index in [2.05, 4.69) is 0 Å². The number of hydrogen-bond acceptors (Lipinski definition) is 5. The minimum absolute atomic E-state index is 0.209. The van der Waals surface area contributed by atoms with Gasteiger partial charge in [-0.05, 0) is 31.4 Å². The van der Waals surface area contributed by atoms with Crippen LogP contribution in [-0.2, 0) is 14.3 Å². The van der Waals surface area contributed by atoms with Crippen LogP contribution in [0.15, 0.2) is 41.7 Å². The van der Waals surface area contributed by atoms with Crippen LogP contribution >= 0.6 is 0 Å². The number of benzene rings is 1. The lowest BCUT2D eigenvalue weighted by Crippen LogP contribution is -2.22. The number of hydrogen-bond donors (Lipinski definition) is 1. The zero-order chi connectivity index (χ0) is 16.3. The number of ether oxygens (including phenoxy) is 2. The van der Waals surface area contributed by atoms with Gasteiger partial charge in [-0.25, -0.2) is 4.79 Å². The van der Waals surface area contributed by atoms with Gasteiger partial charge in [-0.2, -0.15) is 0 Å². The van der Waals surface area contributed by atoms with Crippen LogP contribution in [0.4, 0.5) is 0 Å². The summed E-state index contributed by atoms with van der Waals surface area (Å²) in [6.07, 6.45) is -1.18. The molecule has 1 aromatic carbocycles. The van der Waals surface area contributed by atoms with Crippen LogP contribution < -0.4 is 4.74 Å². The molecule has 1 aliphatic rings. The second kappa shape index (κ2) is 6.64. The number of rotatable bonds is 5. The van der Waals surface area contributed by atoms with Gasteiger partial charge in [0.1, 0.15) is 11.3 Å². The molecule has 2 atom stereocenters. The highest BCUT2D eigenvalue weighted by Crippen LogP contribution is 2.26. The minimum Gasteiger partial charge on any atom is -0.507 e. The molecule has 1 aliphatic heterocycles. The summed E-state index contributed by atoms with van der Waals surface area (Å²) in [6, 6.07) is 8.87. The maximum Gasteiger partial charge on any atom is 0.346 e. The highest BCUT2D eigenvalue weighted by Gasteiger charge is 2.42. The number of Topliss-reactive ketones (excluding diaryl/α,β-unsaturated/α-hetero) is 1. The van der Waals surface area contributed by atoms with E-state index < -0.39 is 24.0 Å². The van der Waals surface area contributed by atoms with E-state index in [9.17, 15) is 14.7 Å². The summed E-state index contributed by atoms with van der Waals surface area (Å²) in [6.45, 7) is 5.44. The molecule has 1 fully saturated rings. The number of esters is 1. The number of para-hydroxylation sites is 1. The van der Waals surface area contributed by atoms with Crippen molar-refractivity contribution < 1.29 is 24.2 Å². The predicted molar refractivity (Wildman–Crippen MR) is 80.5 cm³/mol. The van der Waals surface area contributed by atoms with Crippen molar-refractivity contribution >= 4 is 11.8 Å². The van der Waals surface area contributed by atoms with Crippen molar-refractivity contribution in [2.24, 2.45) is 5.92 Å². The molecule has 1 saturated heterocycles. The van der Waals surface area contributed by atoms with E-state index >= 15 is 0 Å². The number of carbonyl (C=O) groups is 2. The average molecular weight is 304 g/mol. The number of carbonyl (C=O) groups excluding carboxylic acids is 2. The summed E-state index contributed by atoms with van der Waals surface area (Å²) < 4.78 is 10.6. The van der Waals surface area contributed by atoms with Crippen LogP contribution in [0.1, 0.15) is 27.2 Å². The van der Waals surface area contributed by atoms with Crippen LogP contribution in [0.5, 0.6) is 5.75 Å². The van der Waals surface area contributed by atoms with Crippen LogP contribution in [0, 0.1) is 5.92 Å². The van der Waals surface area contributed by atoms with Gasteiger partial charge < -0.3 is 14.6 Å². The fourth-order valence-corrected chi connectivity index (χ4v) is 2.28. The third-order valence-corrected chi connectivity index (χ3v) is 3.38. The summed E-state index contributed by atoms with van der Waals surface area (Å²) >= 11 is 0. The van der Waals surface area contributed by atoms with Gasteiger partial charge in [-0.15, -0.1) is 0 Å². The number of aliphatic hydroxyl groups excluding tert-OH is 1. The largest absolute Gasteiger partial charge is 0.507 e. The Hall–Kier alpha value is -2.30. The number of ketones is 1. The highest BCUT2D eigenvalue weighted by molar-refractivity contribution is 6.23. The van der Waals surface area contributed by atoms with Crippen LogP contribution in [0.3, 0.4) is 0 Å². The van der Waals surface area contributed by atoms with Crippen molar-refractivity contribution in [3.63, 3.8) is 0 Å². The lowest BCUT2D eigenvalue weighted by atomic mass is 9.99. The molecular formula is C17H20O5. The highest BCUT2D eigenvalue weighted by atomic mass is 16.6. The zero-order valence-corrected chi connectivity index (χ0v) is 12.9. The van der Waals surface area contributed by atoms with Gasteiger partial charge in [0.15, 0.2) is 18.0 Å². The van der Waals surface area contributed by atoms with Crippen molar-refractivity contribution in [2.75, 3.05) is 0 Å². The summed E-state index contributed by atoms with van der Waals surface area (Å²) in [5, 5.41) is 10.2. The lowest BCUT2D eigenvalue weighted by Gasteiger charge is -2.14. The second-order valence-electron chi connectivity index (χ2n) is 5.72. The van der Waals surface area contributed by atoms with E-state index in [4.69, 9.17) is 9.47 Å². The average Bonchev–Trinajstić information content (AvgIpc) is 2.73. The van der Waals surface area contributed by atoms with E-state index in [1.807, 2.05) is 19.9 Å². The van der Waals surface area contributed by atoms with E-state index in [1.54, 1.807) is 31.2 Å². The molecule has 22 heavy (non-hydrogen) atoms. The molecule has 0 saturated carbocycles. The van der Waals surface area contributed by atoms with Crippen molar-refractivity contribution in [1.82, 2.24) is 0 Å². The smallest absolute Gasteiger partial charge is 0.346 e. The quantitative estimate of drug-likeness (QED) is 0.392. The van der Waals surface area contributed by atoms with Gasteiger partial charge in [-0.1, -0.05) is 32.0 Å². The molecular weight excluding hydrogens is 284 g/mol. The van der Waals surface area contributed by atoms with E-state index in [0.29, 0.717) is 12.2 Å².